The number of unbranched alkanes of at least 4 members (excludes halogenated alkanes) is 2. The van der Waals surface area contributed by atoms with Crippen molar-refractivity contribution in [1.82, 2.24) is 15.4 Å². The molecule has 0 spiro atoms. The molecule has 2 amide bonds. The summed E-state index contributed by atoms with van der Waals surface area (Å²) in [6.45, 7) is 4.97. The Morgan fingerprint density at radius 3 is 2.28 bits per heavy atom. The summed E-state index contributed by atoms with van der Waals surface area (Å²) in [6.07, 6.45) is 3.49. The van der Waals surface area contributed by atoms with Gasteiger partial charge in [0.05, 0.1) is 5.02 Å². The molecule has 0 aromatic heterocycles. The van der Waals surface area contributed by atoms with Gasteiger partial charge in [-0.1, -0.05) is 49.9 Å². The van der Waals surface area contributed by atoms with Gasteiger partial charge in [0, 0.05) is 24.5 Å². The average Bonchev–Trinajstić information content (AvgIpc) is 2.67. The molecule has 0 aliphatic rings. The van der Waals surface area contributed by atoms with Crippen molar-refractivity contribution in [3.8, 4) is 0 Å². The topological polar surface area (TPSA) is 104 Å². The van der Waals surface area contributed by atoms with Gasteiger partial charge in [0.25, 0.3) is 0 Å². The minimum Gasteiger partial charge on any atom is -0.356 e. The molecule has 0 bridgehead atoms. The maximum absolute atomic E-state index is 12.8. The Kier molecular flexibility index (Phi) is 11.6. The molecule has 1 aromatic carbocycles. The van der Waals surface area contributed by atoms with Gasteiger partial charge < -0.3 is 10.6 Å². The predicted octanol–water partition coefficient (Wildman–Crippen LogP) is 3.25. The van der Waals surface area contributed by atoms with Crippen LogP contribution in [0.2, 0.25) is 10.0 Å². The molecular formula is C19H29Cl2N3O4S. The van der Waals surface area contributed by atoms with Crippen molar-refractivity contribution < 1.29 is 18.0 Å². The predicted molar refractivity (Wildman–Crippen MR) is 116 cm³/mol. The Balaban J connectivity index is 2.90. The van der Waals surface area contributed by atoms with Crippen LogP contribution in [0, 0.1) is 0 Å². The van der Waals surface area contributed by atoms with Crippen LogP contribution in [0.5, 0.6) is 0 Å². The number of benzene rings is 1. The van der Waals surface area contributed by atoms with E-state index in [1.54, 1.807) is 0 Å². The molecule has 164 valence electrons. The van der Waals surface area contributed by atoms with Crippen molar-refractivity contribution in [2.24, 2.45) is 0 Å². The Bertz CT molecular complexity index is 788. The number of amides is 2. The fourth-order valence-corrected chi connectivity index (χ4v) is 4.45. The Labute approximate surface area is 183 Å². The molecule has 7 nitrogen and oxygen atoms in total. The zero-order valence-electron chi connectivity index (χ0n) is 16.8. The zero-order chi connectivity index (χ0) is 21.9. The summed E-state index contributed by atoms with van der Waals surface area (Å²) < 4.78 is 27.9. The normalized spacial score (nSPS) is 12.4. The fraction of sp³-hybridized carbons (Fsp3) is 0.579. The highest BCUT2D eigenvalue weighted by atomic mass is 35.5. The van der Waals surface area contributed by atoms with Gasteiger partial charge in [-0.15, -0.1) is 0 Å². The molecule has 1 atom stereocenters. The van der Waals surface area contributed by atoms with Gasteiger partial charge in [-0.25, -0.2) is 8.42 Å². The van der Waals surface area contributed by atoms with E-state index >= 15 is 0 Å². The van der Waals surface area contributed by atoms with Gasteiger partial charge in [0.2, 0.25) is 21.8 Å². The summed E-state index contributed by atoms with van der Waals surface area (Å²) in [5.41, 5.74) is 0. The summed E-state index contributed by atoms with van der Waals surface area (Å²) in [7, 11) is -4.12. The number of sulfonamides is 1. The summed E-state index contributed by atoms with van der Waals surface area (Å²) in [4.78, 5) is 24.3. The van der Waals surface area contributed by atoms with Gasteiger partial charge >= 0.3 is 0 Å². The monoisotopic (exact) mass is 465 g/mol. The molecule has 0 heterocycles. The highest BCUT2D eigenvalue weighted by molar-refractivity contribution is 7.89. The maximum atomic E-state index is 12.8. The van der Waals surface area contributed by atoms with Gasteiger partial charge in [0.1, 0.15) is 10.9 Å². The minimum absolute atomic E-state index is 0.00986. The van der Waals surface area contributed by atoms with E-state index in [1.165, 1.54) is 18.2 Å². The molecule has 1 aromatic rings. The second-order valence-corrected chi connectivity index (χ2v) is 9.16. The lowest BCUT2D eigenvalue weighted by Crippen LogP contribution is -2.47. The SMILES string of the molecule is CCCCNC(=O)CC[C@H](NS(=O)(=O)c1cc(Cl)ccc1Cl)C(=O)NCCCC. The molecule has 3 N–H and O–H groups in total. The summed E-state index contributed by atoms with van der Waals surface area (Å²) in [6, 6.07) is 2.95. The lowest BCUT2D eigenvalue weighted by molar-refractivity contribution is -0.123. The molecule has 10 heteroatoms. The molecule has 0 unspecified atom stereocenters. The Morgan fingerprint density at radius 2 is 1.66 bits per heavy atom. The first-order valence-electron chi connectivity index (χ1n) is 9.73. The number of hydrogen-bond acceptors (Lipinski definition) is 4. The average molecular weight is 466 g/mol. The summed E-state index contributed by atoms with van der Waals surface area (Å²) in [5, 5.41) is 5.65. The lowest BCUT2D eigenvalue weighted by atomic mass is 10.1. The highest BCUT2D eigenvalue weighted by Gasteiger charge is 2.27. The second kappa shape index (κ2) is 13.1. The fourth-order valence-electron chi connectivity index (χ4n) is 2.46. The second-order valence-electron chi connectivity index (χ2n) is 6.64. The van der Waals surface area contributed by atoms with E-state index in [4.69, 9.17) is 23.2 Å². The minimum atomic E-state index is -4.12. The molecule has 0 saturated carbocycles. The summed E-state index contributed by atoms with van der Waals surface area (Å²) >= 11 is 11.9. The number of carbonyl (C=O) groups excluding carboxylic acids is 2. The molecule has 0 aliphatic heterocycles. The molecule has 0 radical (unpaired) electrons. The van der Waals surface area contributed by atoms with Crippen LogP contribution in [0.25, 0.3) is 0 Å². The van der Waals surface area contributed by atoms with Crippen LogP contribution in [0.4, 0.5) is 0 Å². The van der Waals surface area contributed by atoms with Crippen LogP contribution >= 0.6 is 23.2 Å². The van der Waals surface area contributed by atoms with Crippen molar-refractivity contribution in [1.29, 1.82) is 0 Å². The van der Waals surface area contributed by atoms with E-state index < -0.39 is 22.0 Å². The van der Waals surface area contributed by atoms with Crippen LogP contribution in [0.3, 0.4) is 0 Å². The molecule has 29 heavy (non-hydrogen) atoms. The third-order valence-corrected chi connectivity index (χ3v) is 6.33. The van der Waals surface area contributed by atoms with E-state index in [2.05, 4.69) is 15.4 Å². The van der Waals surface area contributed by atoms with Crippen LogP contribution in [0.1, 0.15) is 52.4 Å². The van der Waals surface area contributed by atoms with Crippen LogP contribution in [0.15, 0.2) is 23.1 Å². The first kappa shape index (κ1) is 25.7. The number of nitrogens with one attached hydrogen (secondary N) is 3. The Morgan fingerprint density at radius 1 is 1.03 bits per heavy atom. The van der Waals surface area contributed by atoms with Crippen molar-refractivity contribution in [3.63, 3.8) is 0 Å². The van der Waals surface area contributed by atoms with E-state index in [1.807, 2.05) is 13.8 Å². The van der Waals surface area contributed by atoms with Crippen LogP contribution < -0.4 is 15.4 Å². The van der Waals surface area contributed by atoms with Crippen molar-refractivity contribution in [3.05, 3.63) is 28.2 Å². The van der Waals surface area contributed by atoms with Gasteiger partial charge in [-0.05, 0) is 37.5 Å². The van der Waals surface area contributed by atoms with Gasteiger partial charge in [-0.2, -0.15) is 4.72 Å². The standard InChI is InChI=1S/C19H29Cl2N3O4S/c1-3-5-11-22-18(25)10-9-16(19(26)23-12-6-4-2)24-29(27,28)17-13-14(20)7-8-15(17)21/h7-8,13,16,24H,3-6,9-12H2,1-2H3,(H,22,25)(H,23,26)/t16-/m0/s1. The number of halogens is 2. The highest BCUT2D eigenvalue weighted by Crippen LogP contribution is 2.25. The first-order valence-corrected chi connectivity index (χ1v) is 12.0. The molecule has 0 fully saturated rings. The van der Waals surface area contributed by atoms with Crippen LogP contribution in [-0.2, 0) is 19.6 Å². The van der Waals surface area contributed by atoms with Crippen LogP contribution in [-0.4, -0.2) is 39.4 Å². The largest absolute Gasteiger partial charge is 0.356 e. The first-order chi connectivity index (χ1) is 13.7. The lowest BCUT2D eigenvalue weighted by Gasteiger charge is -2.19. The number of carbonyl (C=O) groups is 2. The van der Waals surface area contributed by atoms with E-state index in [0.29, 0.717) is 13.1 Å². The van der Waals surface area contributed by atoms with Crippen molar-refractivity contribution >= 4 is 45.0 Å². The van der Waals surface area contributed by atoms with Crippen molar-refractivity contribution in [2.45, 2.75) is 63.3 Å². The molecular weight excluding hydrogens is 437 g/mol. The quantitative estimate of drug-likeness (QED) is 0.388. The maximum Gasteiger partial charge on any atom is 0.242 e. The van der Waals surface area contributed by atoms with Crippen molar-refractivity contribution in [2.75, 3.05) is 13.1 Å². The Hall–Kier alpha value is -1.35. The third-order valence-electron chi connectivity index (χ3n) is 4.14. The van der Waals surface area contributed by atoms with Gasteiger partial charge in [-0.3, -0.25) is 9.59 Å². The smallest absolute Gasteiger partial charge is 0.242 e. The summed E-state index contributed by atoms with van der Waals surface area (Å²) in [5.74, 6) is -0.716. The molecule has 0 aliphatic carbocycles. The molecule has 1 rings (SSSR count). The van der Waals surface area contributed by atoms with E-state index in [-0.39, 0.29) is 33.7 Å². The third kappa shape index (κ3) is 9.33. The van der Waals surface area contributed by atoms with E-state index in [9.17, 15) is 18.0 Å². The number of rotatable bonds is 13. The number of hydrogen-bond donors (Lipinski definition) is 3. The van der Waals surface area contributed by atoms with Gasteiger partial charge in [0.15, 0.2) is 0 Å². The van der Waals surface area contributed by atoms with E-state index in [0.717, 1.165) is 25.7 Å². The zero-order valence-corrected chi connectivity index (χ0v) is 19.1. The molecule has 0 saturated heterocycles.